The molecule has 1 saturated heterocycles. The van der Waals surface area contributed by atoms with E-state index < -0.39 is 5.41 Å². The Labute approximate surface area is 258 Å². The summed E-state index contributed by atoms with van der Waals surface area (Å²) in [7, 11) is 1.86. The Balaban J connectivity index is 1.21. The minimum absolute atomic E-state index is 0.0465. The summed E-state index contributed by atoms with van der Waals surface area (Å²) in [4.78, 5) is 59.3. The van der Waals surface area contributed by atoms with E-state index in [-0.39, 0.29) is 23.1 Å². The van der Waals surface area contributed by atoms with E-state index in [9.17, 15) is 14.4 Å². The van der Waals surface area contributed by atoms with Gasteiger partial charge in [-0.15, -0.1) is 0 Å². The molecule has 4 heterocycles. The lowest BCUT2D eigenvalue weighted by Crippen LogP contribution is -2.50. The molecule has 3 aromatic rings. The molecule has 6 rings (SSSR count). The smallest absolute Gasteiger partial charge is 0.274 e. The second kappa shape index (κ2) is 12.7. The number of pyridine rings is 1. The zero-order chi connectivity index (χ0) is 30.6. The van der Waals surface area contributed by atoms with Crippen molar-refractivity contribution < 1.29 is 19.1 Å². The van der Waals surface area contributed by atoms with Gasteiger partial charge in [-0.05, 0) is 80.7 Å². The number of hydrogen-bond donors (Lipinski definition) is 0. The highest BCUT2D eigenvalue weighted by Crippen LogP contribution is 2.50. The molecule has 0 N–H and O–H groups in total. The van der Waals surface area contributed by atoms with Crippen LogP contribution in [0.3, 0.4) is 0 Å². The minimum Gasteiger partial charge on any atom is -0.494 e. The second-order valence-corrected chi connectivity index (χ2v) is 12.5. The molecule has 2 aromatic heterocycles. The van der Waals surface area contributed by atoms with Gasteiger partial charge in [0.05, 0.1) is 23.9 Å². The average Bonchev–Trinajstić information content (AvgIpc) is 3.88. The molecule has 3 amide bonds. The molecule has 10 heteroatoms. The highest BCUT2D eigenvalue weighted by Gasteiger charge is 2.55. The fourth-order valence-electron chi connectivity index (χ4n) is 6.82. The fourth-order valence-corrected chi connectivity index (χ4v) is 6.82. The van der Waals surface area contributed by atoms with Crippen molar-refractivity contribution in [3.8, 4) is 5.75 Å². The average molecular weight is 597 g/mol. The summed E-state index contributed by atoms with van der Waals surface area (Å²) >= 11 is 0. The fraction of sp³-hybridized carbons (Fsp3) is 0.471. The SMILES string of the molecule is CN1CC2(CCCN(C(=O)c3cnccn3)CCCOc3cccc(c3)C1=O)CCN(C(=O)C1(c3ccccn3)CC1)CC2. The minimum atomic E-state index is -0.491. The molecule has 3 aliphatic rings. The van der Waals surface area contributed by atoms with Gasteiger partial charge in [0.15, 0.2) is 0 Å². The van der Waals surface area contributed by atoms with Crippen LogP contribution < -0.4 is 4.74 Å². The largest absolute Gasteiger partial charge is 0.494 e. The lowest BCUT2D eigenvalue weighted by atomic mass is 9.74. The van der Waals surface area contributed by atoms with Crippen LogP contribution in [0, 0.1) is 5.41 Å². The highest BCUT2D eigenvalue weighted by molar-refractivity contribution is 5.94. The second-order valence-electron chi connectivity index (χ2n) is 12.5. The monoisotopic (exact) mass is 596 g/mol. The van der Waals surface area contributed by atoms with Gasteiger partial charge in [0.25, 0.3) is 11.8 Å². The number of rotatable bonds is 3. The summed E-state index contributed by atoms with van der Waals surface area (Å²) in [6.45, 7) is 3.36. The van der Waals surface area contributed by atoms with E-state index in [1.807, 2.05) is 58.1 Å². The molecular formula is C34H40N6O4. The van der Waals surface area contributed by atoms with Gasteiger partial charge in [-0.25, -0.2) is 4.98 Å². The Bertz CT molecular complexity index is 1470. The Morgan fingerprint density at radius 2 is 1.66 bits per heavy atom. The Morgan fingerprint density at radius 1 is 0.841 bits per heavy atom. The van der Waals surface area contributed by atoms with Crippen molar-refractivity contribution in [1.82, 2.24) is 29.7 Å². The number of carbonyl (C=O) groups excluding carboxylic acids is 3. The van der Waals surface area contributed by atoms with Gasteiger partial charge >= 0.3 is 0 Å². The summed E-state index contributed by atoms with van der Waals surface area (Å²) in [5, 5.41) is 0. The molecule has 2 aliphatic heterocycles. The molecule has 1 aromatic carbocycles. The number of piperidine rings is 1. The standard InChI is InChI=1S/C34H40N6O4/c1-38-25-33(13-20-40(21-14-33)32(43)34(11-12-34)29-9-2-3-15-37-29)10-5-18-39(31(42)28-24-35-16-17-36-28)19-6-22-44-27-8-4-7-26(23-27)30(38)41/h2-4,7-9,15-17,23-24H,5-6,10-14,18-22,25H2,1H3. The molecule has 1 aliphatic carbocycles. The quantitative estimate of drug-likeness (QED) is 0.450. The van der Waals surface area contributed by atoms with Gasteiger partial charge in [-0.2, -0.15) is 0 Å². The third-order valence-corrected chi connectivity index (χ3v) is 9.47. The van der Waals surface area contributed by atoms with Crippen molar-refractivity contribution in [2.75, 3.05) is 46.4 Å². The zero-order valence-corrected chi connectivity index (χ0v) is 25.4. The molecule has 1 saturated carbocycles. The van der Waals surface area contributed by atoms with Crippen LogP contribution in [0.25, 0.3) is 0 Å². The molecule has 0 radical (unpaired) electrons. The van der Waals surface area contributed by atoms with E-state index >= 15 is 0 Å². The number of benzene rings is 1. The first-order chi connectivity index (χ1) is 21.4. The Kier molecular flexibility index (Phi) is 8.59. The number of fused-ring (bicyclic) bond motifs is 2. The third-order valence-electron chi connectivity index (χ3n) is 9.47. The first-order valence-corrected chi connectivity index (χ1v) is 15.6. The van der Waals surface area contributed by atoms with Crippen LogP contribution in [-0.2, 0) is 10.2 Å². The topological polar surface area (TPSA) is 109 Å². The summed E-state index contributed by atoms with van der Waals surface area (Å²) in [6.07, 6.45) is 11.9. The molecule has 0 atom stereocenters. The molecule has 230 valence electrons. The van der Waals surface area contributed by atoms with Crippen molar-refractivity contribution in [3.05, 3.63) is 84.2 Å². The number of aromatic nitrogens is 3. The van der Waals surface area contributed by atoms with E-state index in [0.29, 0.717) is 62.8 Å². The van der Waals surface area contributed by atoms with Crippen LogP contribution in [0.2, 0.25) is 0 Å². The van der Waals surface area contributed by atoms with E-state index in [1.54, 1.807) is 18.5 Å². The van der Waals surface area contributed by atoms with Crippen LogP contribution in [0.15, 0.2) is 67.3 Å². The normalized spacial score (nSPS) is 20.3. The summed E-state index contributed by atoms with van der Waals surface area (Å²) in [5.74, 6) is 0.615. The number of ether oxygens (including phenoxy) is 1. The van der Waals surface area contributed by atoms with E-state index in [1.165, 1.54) is 12.4 Å². The first kappa shape index (κ1) is 29.7. The van der Waals surface area contributed by atoms with Gasteiger partial charge in [0, 0.05) is 63.9 Å². The predicted octanol–water partition coefficient (Wildman–Crippen LogP) is 3.99. The first-order valence-electron chi connectivity index (χ1n) is 15.6. The molecule has 10 nitrogen and oxygen atoms in total. The molecule has 44 heavy (non-hydrogen) atoms. The van der Waals surface area contributed by atoms with Gasteiger partial charge in [-0.1, -0.05) is 12.1 Å². The molecular weight excluding hydrogens is 556 g/mol. The summed E-state index contributed by atoms with van der Waals surface area (Å²) in [6, 6.07) is 13.1. The lowest BCUT2D eigenvalue weighted by Gasteiger charge is -2.45. The van der Waals surface area contributed by atoms with Crippen molar-refractivity contribution >= 4 is 17.7 Å². The number of amides is 3. The van der Waals surface area contributed by atoms with Gasteiger partial charge in [0.2, 0.25) is 5.91 Å². The molecule has 2 bridgehead atoms. The number of hydrogen-bond acceptors (Lipinski definition) is 7. The maximum absolute atomic E-state index is 13.8. The summed E-state index contributed by atoms with van der Waals surface area (Å²) in [5.41, 5.74) is 1.11. The molecule has 2 fully saturated rings. The van der Waals surface area contributed by atoms with Gasteiger partial charge in [0.1, 0.15) is 11.4 Å². The van der Waals surface area contributed by atoms with E-state index in [0.717, 1.165) is 44.2 Å². The van der Waals surface area contributed by atoms with Crippen LogP contribution >= 0.6 is 0 Å². The van der Waals surface area contributed by atoms with E-state index in [4.69, 9.17) is 4.74 Å². The maximum atomic E-state index is 13.8. The van der Waals surface area contributed by atoms with Crippen molar-refractivity contribution in [2.24, 2.45) is 5.41 Å². The predicted molar refractivity (Wildman–Crippen MR) is 164 cm³/mol. The highest BCUT2D eigenvalue weighted by atomic mass is 16.5. The third kappa shape index (κ3) is 6.30. The molecule has 0 unspecified atom stereocenters. The zero-order valence-electron chi connectivity index (χ0n) is 25.4. The number of nitrogens with zero attached hydrogens (tertiary/aromatic N) is 6. The van der Waals surface area contributed by atoms with Crippen LogP contribution in [-0.4, -0.2) is 93.8 Å². The van der Waals surface area contributed by atoms with Crippen LogP contribution in [0.1, 0.15) is 71.5 Å². The van der Waals surface area contributed by atoms with Crippen molar-refractivity contribution in [3.63, 3.8) is 0 Å². The lowest BCUT2D eigenvalue weighted by molar-refractivity contribution is -0.136. The number of likely N-dealkylation sites (tertiary alicyclic amines) is 1. The Hall–Kier alpha value is -4.34. The molecule has 1 spiro atoms. The van der Waals surface area contributed by atoms with E-state index in [2.05, 4.69) is 15.0 Å². The Morgan fingerprint density at radius 3 is 2.39 bits per heavy atom. The van der Waals surface area contributed by atoms with Crippen molar-refractivity contribution in [2.45, 2.75) is 50.4 Å². The van der Waals surface area contributed by atoms with Gasteiger partial charge in [-0.3, -0.25) is 24.4 Å². The summed E-state index contributed by atoms with van der Waals surface area (Å²) < 4.78 is 5.97. The van der Waals surface area contributed by atoms with Crippen molar-refractivity contribution in [1.29, 1.82) is 0 Å². The van der Waals surface area contributed by atoms with Crippen LogP contribution in [0.5, 0.6) is 5.75 Å². The maximum Gasteiger partial charge on any atom is 0.274 e. The number of carbonyl (C=O) groups is 3. The van der Waals surface area contributed by atoms with Crippen LogP contribution in [0.4, 0.5) is 0 Å². The van der Waals surface area contributed by atoms with Gasteiger partial charge < -0.3 is 19.4 Å².